The first-order valence-corrected chi connectivity index (χ1v) is 8.41. The van der Waals surface area contributed by atoms with Gasteiger partial charge < -0.3 is 15.5 Å². The summed E-state index contributed by atoms with van der Waals surface area (Å²) in [6, 6.07) is 12.6. The summed E-state index contributed by atoms with van der Waals surface area (Å²) >= 11 is 0. The Morgan fingerprint density at radius 1 is 1.08 bits per heavy atom. The van der Waals surface area contributed by atoms with Gasteiger partial charge in [0, 0.05) is 45.4 Å². The monoisotopic (exact) mass is 491 g/mol. The van der Waals surface area contributed by atoms with Crippen LogP contribution in [0, 0.1) is 7.05 Å². The summed E-state index contributed by atoms with van der Waals surface area (Å²) in [5.41, 5.74) is 5.05. The van der Waals surface area contributed by atoms with Gasteiger partial charge in [-0.1, -0.05) is 18.2 Å². The second-order valence-corrected chi connectivity index (χ2v) is 6.56. The molecule has 1 unspecified atom stereocenters. The minimum Gasteiger partial charge on any atom is -0.455 e. The first-order valence-electron chi connectivity index (χ1n) is 8.41. The molecule has 2 aliphatic rings. The maximum absolute atomic E-state index is 4.63. The normalized spacial score (nSPS) is 19.0. The summed E-state index contributed by atoms with van der Waals surface area (Å²) in [7, 11) is 4.26. The molecule has 1 aromatic carbocycles. The molecule has 0 fully saturated rings. The number of nitrogens with zero attached hydrogens (tertiary/aromatic N) is 2. The fourth-order valence-corrected chi connectivity index (χ4v) is 3.77. The number of aromatic nitrogens is 1. The van der Waals surface area contributed by atoms with E-state index in [1.807, 2.05) is 12.3 Å². The molecule has 4 rings (SSSR count). The fourth-order valence-electron chi connectivity index (χ4n) is 3.77. The molecule has 0 radical (unpaired) electrons. The molecule has 4 nitrogen and oxygen atoms in total. The minimum atomic E-state index is 0. The number of fused-ring (bicyclic) bond motifs is 2. The van der Waals surface area contributed by atoms with E-state index in [0.29, 0.717) is 5.92 Å². The van der Waals surface area contributed by atoms with Gasteiger partial charge in [0.2, 0.25) is 0 Å². The second-order valence-electron chi connectivity index (χ2n) is 6.56. The van der Waals surface area contributed by atoms with Gasteiger partial charge in [0.25, 0.3) is 0 Å². The molecule has 0 spiro atoms. The van der Waals surface area contributed by atoms with E-state index in [2.05, 4.69) is 57.9 Å². The number of para-hydroxylation sites is 2. The van der Waals surface area contributed by atoms with Crippen molar-refractivity contribution in [3.05, 3.63) is 60.9 Å². The molecular weight excluding hydrogens is 468 g/mol. The summed E-state index contributed by atoms with van der Waals surface area (Å²) in [6.45, 7) is 1.83. The third-order valence-electron chi connectivity index (χ3n) is 4.82. The van der Waals surface area contributed by atoms with E-state index in [1.54, 1.807) is 0 Å². The average molecular weight is 491 g/mol. The summed E-state index contributed by atoms with van der Waals surface area (Å²) in [4.78, 5) is 6.80. The molecule has 0 saturated heterocycles. The molecule has 0 bridgehead atoms. The van der Waals surface area contributed by atoms with Crippen molar-refractivity contribution in [1.82, 2.24) is 9.88 Å². The maximum Gasteiger partial charge on any atom is 0.107 e. The average Bonchev–Trinajstić information content (AvgIpc) is 2.97. The molecule has 5 heteroatoms. The van der Waals surface area contributed by atoms with Crippen LogP contribution in [0.3, 0.4) is 0 Å². The van der Waals surface area contributed by atoms with Crippen molar-refractivity contribution in [1.29, 1.82) is 0 Å². The molecule has 0 saturated carbocycles. The van der Waals surface area contributed by atoms with Crippen molar-refractivity contribution >= 4 is 11.4 Å². The SMILES string of the molecule is [CH2-]N(CC1Nc2ccccc2N1)CC1CCCc2cccnc21.[W]. The van der Waals surface area contributed by atoms with Gasteiger partial charge in [0.05, 0.1) is 11.4 Å². The third kappa shape index (κ3) is 3.65. The molecule has 2 N–H and O–H groups in total. The van der Waals surface area contributed by atoms with Crippen LogP contribution < -0.4 is 10.6 Å². The Bertz CT molecular complexity index is 666. The van der Waals surface area contributed by atoms with E-state index in [4.69, 9.17) is 0 Å². The van der Waals surface area contributed by atoms with Crippen LogP contribution in [0.2, 0.25) is 0 Å². The molecular formula is C19H23N4W-. The minimum absolute atomic E-state index is 0. The number of benzene rings is 1. The van der Waals surface area contributed by atoms with Gasteiger partial charge in [-0.2, -0.15) is 0 Å². The number of nitrogens with one attached hydrogen (secondary N) is 2. The second kappa shape index (κ2) is 7.67. The predicted molar refractivity (Wildman–Crippen MR) is 94.3 cm³/mol. The van der Waals surface area contributed by atoms with Crippen LogP contribution in [-0.2, 0) is 27.5 Å². The van der Waals surface area contributed by atoms with E-state index in [1.165, 1.54) is 35.5 Å². The molecule has 0 amide bonds. The summed E-state index contributed by atoms with van der Waals surface area (Å²) < 4.78 is 0. The molecule has 1 atom stereocenters. The van der Waals surface area contributed by atoms with Crippen LogP contribution in [0.5, 0.6) is 0 Å². The fraction of sp³-hybridized carbons (Fsp3) is 0.368. The van der Waals surface area contributed by atoms with E-state index in [0.717, 1.165) is 19.5 Å². The first kappa shape index (κ1) is 17.4. The van der Waals surface area contributed by atoms with Crippen LogP contribution in [-0.4, -0.2) is 29.1 Å². The molecule has 1 aromatic heterocycles. The number of aryl methyl sites for hydroxylation is 1. The van der Waals surface area contributed by atoms with Crippen LogP contribution in [0.15, 0.2) is 42.6 Å². The number of hydrogen-bond donors (Lipinski definition) is 2. The molecule has 126 valence electrons. The Morgan fingerprint density at radius 3 is 2.58 bits per heavy atom. The summed E-state index contributed by atoms with van der Waals surface area (Å²) in [5, 5.41) is 7.03. The van der Waals surface area contributed by atoms with Crippen LogP contribution >= 0.6 is 0 Å². The van der Waals surface area contributed by atoms with Gasteiger partial charge in [0.1, 0.15) is 6.17 Å². The van der Waals surface area contributed by atoms with Crippen molar-refractivity contribution in [2.24, 2.45) is 0 Å². The maximum atomic E-state index is 4.63. The van der Waals surface area contributed by atoms with Gasteiger partial charge in [-0.05, 0) is 49.6 Å². The van der Waals surface area contributed by atoms with Crippen molar-refractivity contribution in [3.8, 4) is 0 Å². The van der Waals surface area contributed by atoms with E-state index in [9.17, 15) is 0 Å². The van der Waals surface area contributed by atoms with Gasteiger partial charge >= 0.3 is 0 Å². The zero-order valence-corrected chi connectivity index (χ0v) is 16.7. The van der Waals surface area contributed by atoms with Crippen molar-refractivity contribution in [3.63, 3.8) is 0 Å². The van der Waals surface area contributed by atoms with Crippen LogP contribution in [0.1, 0.15) is 30.0 Å². The van der Waals surface area contributed by atoms with Gasteiger partial charge in [-0.3, -0.25) is 12.0 Å². The zero-order chi connectivity index (χ0) is 15.6. The number of anilines is 2. The number of rotatable bonds is 4. The Morgan fingerprint density at radius 2 is 1.83 bits per heavy atom. The van der Waals surface area contributed by atoms with Gasteiger partial charge in [0.15, 0.2) is 0 Å². The zero-order valence-electron chi connectivity index (χ0n) is 13.7. The smallest absolute Gasteiger partial charge is 0.107 e. The van der Waals surface area contributed by atoms with Crippen LogP contribution in [0.25, 0.3) is 0 Å². The number of hydrogen-bond acceptors (Lipinski definition) is 4. The molecule has 1 aliphatic heterocycles. The predicted octanol–water partition coefficient (Wildman–Crippen LogP) is 3.46. The Hall–Kier alpha value is -1.38. The summed E-state index contributed by atoms with van der Waals surface area (Å²) in [6.07, 6.45) is 5.76. The van der Waals surface area contributed by atoms with E-state index in [-0.39, 0.29) is 27.2 Å². The standard InChI is InChI=1S/C19H23N4.W/c1-23(13-18-21-16-9-2-3-10-17(16)22-18)12-15-7-4-6-14-8-5-11-20-19(14)15;/h2-3,5,8-11,15,18,21-22H,1,4,6-7,12-13H2;/q-1;. The van der Waals surface area contributed by atoms with Crippen molar-refractivity contribution in [2.75, 3.05) is 23.7 Å². The molecule has 1 aliphatic carbocycles. The van der Waals surface area contributed by atoms with Crippen molar-refractivity contribution in [2.45, 2.75) is 31.3 Å². The topological polar surface area (TPSA) is 40.2 Å². The van der Waals surface area contributed by atoms with E-state index < -0.39 is 0 Å². The molecule has 2 aromatic rings. The summed E-state index contributed by atoms with van der Waals surface area (Å²) in [5.74, 6) is 0.501. The Labute approximate surface area is 158 Å². The Kier molecular flexibility index (Phi) is 5.57. The van der Waals surface area contributed by atoms with Crippen LogP contribution in [0.4, 0.5) is 11.4 Å². The third-order valence-corrected chi connectivity index (χ3v) is 4.82. The van der Waals surface area contributed by atoms with Gasteiger partial charge in [-0.15, -0.1) is 0 Å². The number of pyridine rings is 1. The molecule has 24 heavy (non-hydrogen) atoms. The van der Waals surface area contributed by atoms with Crippen molar-refractivity contribution < 1.29 is 21.1 Å². The molecule has 2 heterocycles. The quantitative estimate of drug-likeness (QED) is 0.644. The van der Waals surface area contributed by atoms with Gasteiger partial charge in [-0.25, -0.2) is 0 Å². The largest absolute Gasteiger partial charge is 0.455 e. The first-order chi connectivity index (χ1) is 11.3. The Balaban J connectivity index is 0.00000169. The van der Waals surface area contributed by atoms with E-state index >= 15 is 0 Å².